The normalized spacial score (nSPS) is 20.1. The number of para-hydroxylation sites is 1. The van der Waals surface area contributed by atoms with Gasteiger partial charge in [0.05, 0.1) is 28.5 Å². The number of nitrogens with zero attached hydrogens (tertiary/aromatic N) is 3. The lowest BCUT2D eigenvalue weighted by molar-refractivity contribution is -0.137. The van der Waals surface area contributed by atoms with Crippen LogP contribution in [0.3, 0.4) is 0 Å². The van der Waals surface area contributed by atoms with Crippen LogP contribution in [0.5, 0.6) is 0 Å². The van der Waals surface area contributed by atoms with Crippen molar-refractivity contribution in [1.29, 1.82) is 5.26 Å². The monoisotopic (exact) mass is 500 g/mol. The Hall–Kier alpha value is -3.38. The summed E-state index contributed by atoms with van der Waals surface area (Å²) < 4.78 is 40.2. The molecule has 2 atom stereocenters. The first-order valence-electron chi connectivity index (χ1n) is 11.9. The number of aryl methyl sites for hydroxylation is 2. The molecule has 0 radical (unpaired) electrons. The van der Waals surface area contributed by atoms with Gasteiger partial charge in [0.25, 0.3) is 0 Å². The van der Waals surface area contributed by atoms with Gasteiger partial charge >= 0.3 is 6.18 Å². The number of benzene rings is 2. The summed E-state index contributed by atoms with van der Waals surface area (Å²) in [4.78, 5) is 31.1. The number of anilines is 2. The third-order valence-corrected chi connectivity index (χ3v) is 7.11. The van der Waals surface area contributed by atoms with Crippen molar-refractivity contribution in [1.82, 2.24) is 4.90 Å². The van der Waals surface area contributed by atoms with Crippen LogP contribution in [0.1, 0.15) is 43.0 Å². The van der Waals surface area contributed by atoms with E-state index in [1.54, 1.807) is 17.9 Å². The number of nitrogens with one attached hydrogen (secondary N) is 1. The second kappa shape index (κ2) is 10.3. The zero-order valence-corrected chi connectivity index (χ0v) is 21.2. The van der Waals surface area contributed by atoms with E-state index in [9.17, 15) is 28.0 Å². The summed E-state index contributed by atoms with van der Waals surface area (Å²) in [6, 6.07) is 10.2. The molecule has 0 aromatic heterocycles. The van der Waals surface area contributed by atoms with E-state index in [2.05, 4.69) is 5.32 Å². The summed E-state index contributed by atoms with van der Waals surface area (Å²) in [5.74, 6) is -1.48. The molecule has 6 nitrogen and oxygen atoms in total. The number of hydrogen-bond donors (Lipinski definition) is 1. The van der Waals surface area contributed by atoms with Crippen molar-refractivity contribution in [2.45, 2.75) is 40.8 Å². The van der Waals surface area contributed by atoms with Crippen LogP contribution in [0.15, 0.2) is 36.4 Å². The molecular formula is C27H31F3N4O2. The quantitative estimate of drug-likeness (QED) is 0.571. The van der Waals surface area contributed by atoms with Crippen molar-refractivity contribution in [3.63, 3.8) is 0 Å². The summed E-state index contributed by atoms with van der Waals surface area (Å²) in [5, 5.41) is 11.9. The Balaban J connectivity index is 2.08. The Morgan fingerprint density at radius 2 is 1.81 bits per heavy atom. The fourth-order valence-electron chi connectivity index (χ4n) is 4.94. The first-order valence-corrected chi connectivity index (χ1v) is 11.9. The second-order valence-electron chi connectivity index (χ2n) is 9.37. The third kappa shape index (κ3) is 5.09. The highest BCUT2D eigenvalue weighted by atomic mass is 19.4. The Kier molecular flexibility index (Phi) is 7.79. The van der Waals surface area contributed by atoms with Crippen molar-refractivity contribution in [3.8, 4) is 6.07 Å². The van der Waals surface area contributed by atoms with Crippen molar-refractivity contribution >= 4 is 23.2 Å². The highest BCUT2D eigenvalue weighted by molar-refractivity contribution is 6.08. The maximum absolute atomic E-state index is 13.9. The Labute approximate surface area is 209 Å². The Morgan fingerprint density at radius 1 is 1.19 bits per heavy atom. The van der Waals surface area contributed by atoms with E-state index in [1.807, 2.05) is 50.8 Å². The molecule has 0 aliphatic carbocycles. The molecule has 36 heavy (non-hydrogen) atoms. The van der Waals surface area contributed by atoms with Crippen LogP contribution >= 0.6 is 0 Å². The first-order chi connectivity index (χ1) is 16.9. The lowest BCUT2D eigenvalue weighted by Crippen LogP contribution is -2.50. The fourth-order valence-corrected chi connectivity index (χ4v) is 4.94. The summed E-state index contributed by atoms with van der Waals surface area (Å²) in [6.45, 7) is 11.0. The smallest absolute Gasteiger partial charge is 0.325 e. The minimum atomic E-state index is -4.68. The predicted octanol–water partition coefficient (Wildman–Crippen LogP) is 5.14. The molecule has 1 aliphatic rings. The van der Waals surface area contributed by atoms with E-state index in [1.165, 1.54) is 6.07 Å². The zero-order valence-electron chi connectivity index (χ0n) is 21.2. The highest BCUT2D eigenvalue weighted by Crippen LogP contribution is 2.43. The van der Waals surface area contributed by atoms with Crippen molar-refractivity contribution in [2.75, 3.05) is 36.4 Å². The molecule has 1 heterocycles. The highest BCUT2D eigenvalue weighted by Gasteiger charge is 2.56. The van der Waals surface area contributed by atoms with Crippen LogP contribution in [0, 0.1) is 36.5 Å². The van der Waals surface area contributed by atoms with Crippen LogP contribution in [-0.2, 0) is 15.8 Å². The summed E-state index contributed by atoms with van der Waals surface area (Å²) in [6.07, 6.45) is -4.68. The van der Waals surface area contributed by atoms with Crippen LogP contribution in [-0.4, -0.2) is 42.9 Å². The van der Waals surface area contributed by atoms with Gasteiger partial charge in [0, 0.05) is 24.5 Å². The van der Waals surface area contributed by atoms with Gasteiger partial charge in [-0.15, -0.1) is 0 Å². The number of nitriles is 1. The van der Waals surface area contributed by atoms with Gasteiger partial charge in [-0.1, -0.05) is 39.0 Å². The molecule has 2 aromatic carbocycles. The van der Waals surface area contributed by atoms with Gasteiger partial charge in [-0.05, 0) is 56.3 Å². The molecule has 1 N–H and O–H groups in total. The molecule has 1 aliphatic heterocycles. The van der Waals surface area contributed by atoms with Gasteiger partial charge in [-0.2, -0.15) is 18.4 Å². The van der Waals surface area contributed by atoms with Crippen LogP contribution < -0.4 is 10.2 Å². The number of amides is 2. The van der Waals surface area contributed by atoms with Crippen molar-refractivity contribution < 1.29 is 22.8 Å². The minimum Gasteiger partial charge on any atom is -0.325 e. The van der Waals surface area contributed by atoms with E-state index in [-0.39, 0.29) is 30.2 Å². The second-order valence-corrected chi connectivity index (χ2v) is 9.37. The van der Waals surface area contributed by atoms with Crippen LogP contribution in [0.2, 0.25) is 0 Å². The number of rotatable bonds is 7. The predicted molar refractivity (Wildman–Crippen MR) is 132 cm³/mol. The van der Waals surface area contributed by atoms with E-state index in [4.69, 9.17) is 0 Å². The summed E-state index contributed by atoms with van der Waals surface area (Å²) in [7, 11) is 0. The zero-order chi connectivity index (χ0) is 26.8. The fraction of sp³-hybridized carbons (Fsp3) is 0.444. The first kappa shape index (κ1) is 27.2. The van der Waals surface area contributed by atoms with E-state index >= 15 is 0 Å². The molecule has 0 saturated carbocycles. The average molecular weight is 501 g/mol. The lowest BCUT2D eigenvalue weighted by Gasteiger charge is -2.35. The van der Waals surface area contributed by atoms with E-state index in [0.29, 0.717) is 13.1 Å². The van der Waals surface area contributed by atoms with Gasteiger partial charge in [-0.25, -0.2) is 0 Å². The third-order valence-electron chi connectivity index (χ3n) is 7.11. The van der Waals surface area contributed by atoms with Crippen molar-refractivity contribution in [3.05, 3.63) is 58.7 Å². The maximum atomic E-state index is 13.9. The SMILES string of the molecule is CCN(CC)C[C@@]1(C(=O)Nc2cc(C#N)cc(C(F)(F)F)c2)CN(c2c(C)cccc2C)C(=O)C1C. The van der Waals surface area contributed by atoms with E-state index < -0.39 is 29.0 Å². The number of carbonyl (C=O) groups is 2. The van der Waals surface area contributed by atoms with Gasteiger partial charge in [0.15, 0.2) is 0 Å². The number of halogens is 3. The van der Waals surface area contributed by atoms with Gasteiger partial charge in [0.2, 0.25) is 11.8 Å². The van der Waals surface area contributed by atoms with Gasteiger partial charge < -0.3 is 15.1 Å². The lowest BCUT2D eigenvalue weighted by atomic mass is 9.77. The average Bonchev–Trinajstić information content (AvgIpc) is 3.07. The van der Waals surface area contributed by atoms with Crippen LogP contribution in [0.25, 0.3) is 0 Å². The minimum absolute atomic E-state index is 0.0884. The van der Waals surface area contributed by atoms with Crippen LogP contribution in [0.4, 0.5) is 24.5 Å². The molecule has 192 valence electrons. The largest absolute Gasteiger partial charge is 0.416 e. The molecule has 2 aromatic rings. The molecular weight excluding hydrogens is 469 g/mol. The van der Waals surface area contributed by atoms with Gasteiger partial charge in [-0.3, -0.25) is 9.59 Å². The van der Waals surface area contributed by atoms with E-state index in [0.717, 1.165) is 28.9 Å². The molecule has 2 amide bonds. The Morgan fingerprint density at radius 3 is 2.33 bits per heavy atom. The molecule has 1 unspecified atom stereocenters. The summed E-state index contributed by atoms with van der Waals surface area (Å²) >= 11 is 0. The molecule has 9 heteroatoms. The van der Waals surface area contributed by atoms with Gasteiger partial charge in [0.1, 0.15) is 0 Å². The number of hydrogen-bond acceptors (Lipinski definition) is 4. The van der Waals surface area contributed by atoms with Crippen molar-refractivity contribution in [2.24, 2.45) is 11.3 Å². The maximum Gasteiger partial charge on any atom is 0.416 e. The number of carbonyl (C=O) groups excluding carboxylic acids is 2. The topological polar surface area (TPSA) is 76.4 Å². The molecule has 3 rings (SSSR count). The molecule has 0 spiro atoms. The summed E-state index contributed by atoms with van der Waals surface area (Å²) in [5.41, 5.74) is -0.0612. The standard InChI is InChI=1S/C27H31F3N4O2/c1-6-33(7-2)15-26(16-34(24(35)19(26)5)23-17(3)9-8-10-18(23)4)25(36)32-22-12-20(14-31)11-21(13-22)27(28,29)30/h8-13,19H,6-7,15-16H2,1-5H3,(H,32,36)/t19?,26-/m1/s1. The Bertz CT molecular complexity index is 1180. The molecule has 0 bridgehead atoms. The molecule has 1 saturated heterocycles. The molecule has 1 fully saturated rings. The number of alkyl halides is 3.